The molecule has 0 aromatic heterocycles. The van der Waals surface area contributed by atoms with Gasteiger partial charge in [-0.2, -0.15) is 0 Å². The molecule has 1 saturated heterocycles. The molecule has 6 nitrogen and oxygen atoms in total. The third kappa shape index (κ3) is 5.66. The van der Waals surface area contributed by atoms with E-state index in [1.165, 1.54) is 0 Å². The first-order valence-electron chi connectivity index (χ1n) is 6.75. The third-order valence-electron chi connectivity index (χ3n) is 3.02. The van der Waals surface area contributed by atoms with E-state index in [1.807, 2.05) is 4.90 Å². The molecule has 0 bridgehead atoms. The number of hydrogen-bond acceptors (Lipinski definition) is 5. The molecule has 20 heavy (non-hydrogen) atoms. The van der Waals surface area contributed by atoms with E-state index >= 15 is 0 Å². The number of sulfonamides is 1. The summed E-state index contributed by atoms with van der Waals surface area (Å²) in [5.74, 6) is 0.100. The van der Waals surface area contributed by atoms with Crippen molar-refractivity contribution in [1.82, 2.24) is 9.21 Å². The fourth-order valence-electron chi connectivity index (χ4n) is 2.19. The molecule has 1 unspecified atom stereocenters. The number of likely N-dealkylation sites (tertiary alicyclic amines) is 1. The van der Waals surface area contributed by atoms with Crippen LogP contribution < -0.4 is 0 Å². The van der Waals surface area contributed by atoms with Crippen LogP contribution in [0.5, 0.6) is 0 Å². The van der Waals surface area contributed by atoms with Gasteiger partial charge in [0.05, 0.1) is 6.26 Å². The van der Waals surface area contributed by atoms with Crippen molar-refractivity contribution in [3.8, 4) is 0 Å². The first-order valence-corrected chi connectivity index (χ1v) is 8.60. The van der Waals surface area contributed by atoms with Crippen LogP contribution in [-0.2, 0) is 14.8 Å². The minimum Gasteiger partial charge on any atom is -0.459 e. The third-order valence-corrected chi connectivity index (χ3v) is 4.12. The zero-order valence-corrected chi connectivity index (χ0v) is 13.6. The quantitative estimate of drug-likeness (QED) is 0.742. The van der Waals surface area contributed by atoms with Crippen LogP contribution in [0.4, 0.5) is 4.79 Å². The average molecular weight is 305 g/mol. The van der Waals surface area contributed by atoms with E-state index in [0.717, 1.165) is 29.9 Å². The molecule has 0 N–H and O–H groups in total. The van der Waals surface area contributed by atoms with Gasteiger partial charge >= 0.3 is 6.09 Å². The molecule has 1 atom stereocenters. The van der Waals surface area contributed by atoms with Gasteiger partial charge in [-0.3, -0.25) is 7.05 Å². The zero-order valence-electron chi connectivity index (χ0n) is 12.8. The molecule has 1 aliphatic heterocycles. The molecule has 0 spiro atoms. The highest BCUT2D eigenvalue weighted by molar-refractivity contribution is 7.88. The smallest absolute Gasteiger partial charge is 0.424 e. The van der Waals surface area contributed by atoms with Gasteiger partial charge in [-0.15, -0.1) is 0 Å². The van der Waals surface area contributed by atoms with Gasteiger partial charge in [0, 0.05) is 6.54 Å². The van der Waals surface area contributed by atoms with Gasteiger partial charge in [-0.05, 0) is 52.6 Å². The average Bonchev–Trinajstić information content (AvgIpc) is 2.21. The van der Waals surface area contributed by atoms with E-state index in [0.29, 0.717) is 6.54 Å². The molecule has 1 fully saturated rings. The molecule has 7 heteroatoms. The van der Waals surface area contributed by atoms with Gasteiger partial charge in [0.2, 0.25) is 10.0 Å². The molecule has 1 amide bonds. The van der Waals surface area contributed by atoms with Crippen LogP contribution in [0.3, 0.4) is 0 Å². The predicted molar refractivity (Wildman–Crippen MR) is 77.4 cm³/mol. The standard InChI is InChI=1S/C13H25N2O4S/c1-13(2,3)19-12(16)15(20(5,17)18)10-11-7-6-8-14(4)9-11/h11H,4,6-10H2,1-3,5H3/q-1. The molecule has 0 saturated carbocycles. The number of amides is 1. The van der Waals surface area contributed by atoms with Gasteiger partial charge in [-0.1, -0.05) is 0 Å². The Bertz CT molecular complexity index is 442. The summed E-state index contributed by atoms with van der Waals surface area (Å²) < 4.78 is 29.6. The molecular formula is C13H25N2O4S-. The Morgan fingerprint density at radius 2 is 2.05 bits per heavy atom. The van der Waals surface area contributed by atoms with Crippen molar-refractivity contribution >= 4 is 16.1 Å². The van der Waals surface area contributed by atoms with Crippen molar-refractivity contribution in [3.63, 3.8) is 0 Å². The lowest BCUT2D eigenvalue weighted by Gasteiger charge is -2.37. The largest absolute Gasteiger partial charge is 0.459 e. The van der Waals surface area contributed by atoms with Gasteiger partial charge < -0.3 is 9.64 Å². The van der Waals surface area contributed by atoms with E-state index in [2.05, 4.69) is 7.05 Å². The van der Waals surface area contributed by atoms with Crippen molar-refractivity contribution < 1.29 is 17.9 Å². The Balaban J connectivity index is 2.78. The van der Waals surface area contributed by atoms with Crippen LogP contribution >= 0.6 is 0 Å². The number of rotatable bonds is 3. The number of piperidine rings is 1. The van der Waals surface area contributed by atoms with Gasteiger partial charge in [0.15, 0.2) is 0 Å². The maximum absolute atomic E-state index is 12.1. The van der Waals surface area contributed by atoms with Crippen molar-refractivity contribution in [2.75, 3.05) is 25.9 Å². The maximum Gasteiger partial charge on any atom is 0.424 e. The van der Waals surface area contributed by atoms with Gasteiger partial charge in [0.1, 0.15) is 5.60 Å². The van der Waals surface area contributed by atoms with Crippen molar-refractivity contribution in [2.45, 2.75) is 39.2 Å². The lowest BCUT2D eigenvalue weighted by molar-refractivity contribution is 0.0358. The summed E-state index contributed by atoms with van der Waals surface area (Å²) in [5.41, 5.74) is -0.717. The molecule has 0 aromatic carbocycles. The Kier molecular flexibility index (Phi) is 5.43. The number of nitrogens with zero attached hydrogens (tertiary/aromatic N) is 2. The minimum absolute atomic E-state index is 0.100. The van der Waals surface area contributed by atoms with Crippen molar-refractivity contribution in [1.29, 1.82) is 0 Å². The predicted octanol–water partition coefficient (Wildman–Crippen LogP) is 1.69. The molecule has 0 aliphatic carbocycles. The summed E-state index contributed by atoms with van der Waals surface area (Å²) in [6.07, 6.45) is 2.07. The van der Waals surface area contributed by atoms with Crippen LogP contribution in [0.25, 0.3) is 0 Å². The number of hydrogen-bond donors (Lipinski definition) is 0. The number of carbonyl (C=O) groups is 1. The summed E-state index contributed by atoms with van der Waals surface area (Å²) in [4.78, 5) is 14.0. The summed E-state index contributed by atoms with van der Waals surface area (Å²) in [5, 5.41) is 0. The van der Waals surface area contributed by atoms with Crippen LogP contribution in [0.15, 0.2) is 0 Å². The molecular weight excluding hydrogens is 280 g/mol. The number of carbonyl (C=O) groups excluding carboxylic acids is 1. The zero-order chi connectivity index (χ0) is 15.6. The topological polar surface area (TPSA) is 66.9 Å². The summed E-state index contributed by atoms with van der Waals surface area (Å²) in [6, 6.07) is 0. The second-order valence-corrected chi connectivity index (χ2v) is 8.27. The van der Waals surface area contributed by atoms with Crippen LogP contribution in [0.1, 0.15) is 33.6 Å². The van der Waals surface area contributed by atoms with Crippen LogP contribution in [0, 0.1) is 13.0 Å². The molecule has 0 aromatic rings. The first kappa shape index (κ1) is 17.2. The normalized spacial score (nSPS) is 21.6. The molecule has 1 aliphatic rings. The van der Waals surface area contributed by atoms with E-state index < -0.39 is 21.7 Å². The van der Waals surface area contributed by atoms with Crippen molar-refractivity contribution in [2.24, 2.45) is 5.92 Å². The van der Waals surface area contributed by atoms with E-state index in [4.69, 9.17) is 4.74 Å². The lowest BCUT2D eigenvalue weighted by atomic mass is 9.99. The summed E-state index contributed by atoms with van der Waals surface area (Å²) in [6.45, 7) is 6.88. The Labute approximate surface area is 122 Å². The Morgan fingerprint density at radius 1 is 1.45 bits per heavy atom. The van der Waals surface area contributed by atoms with Crippen LogP contribution in [0.2, 0.25) is 0 Å². The van der Waals surface area contributed by atoms with E-state index in [-0.39, 0.29) is 12.5 Å². The van der Waals surface area contributed by atoms with Gasteiger partial charge in [0.25, 0.3) is 0 Å². The molecule has 1 heterocycles. The maximum atomic E-state index is 12.1. The molecule has 118 valence electrons. The summed E-state index contributed by atoms with van der Waals surface area (Å²) >= 11 is 0. The second kappa shape index (κ2) is 6.30. The van der Waals surface area contributed by atoms with Crippen molar-refractivity contribution in [3.05, 3.63) is 7.05 Å². The second-order valence-electron chi connectivity index (χ2n) is 6.36. The minimum atomic E-state index is -3.63. The monoisotopic (exact) mass is 305 g/mol. The lowest BCUT2D eigenvalue weighted by Crippen LogP contribution is -2.45. The molecule has 1 rings (SSSR count). The fraction of sp³-hybridized carbons (Fsp3) is 0.846. The molecule has 0 radical (unpaired) electrons. The Morgan fingerprint density at radius 3 is 2.50 bits per heavy atom. The highest BCUT2D eigenvalue weighted by Gasteiger charge is 2.31. The SMILES string of the molecule is [CH2-]N1CCCC(CN(C(=O)OC(C)(C)C)S(C)(=O)=O)C1. The van der Waals surface area contributed by atoms with E-state index in [9.17, 15) is 13.2 Å². The van der Waals surface area contributed by atoms with Crippen LogP contribution in [-0.4, -0.2) is 55.2 Å². The number of ether oxygens (including phenoxy) is 1. The summed E-state index contributed by atoms with van der Waals surface area (Å²) in [7, 11) is 0.237. The van der Waals surface area contributed by atoms with Gasteiger partial charge in [-0.25, -0.2) is 17.5 Å². The highest BCUT2D eigenvalue weighted by atomic mass is 32.2. The highest BCUT2D eigenvalue weighted by Crippen LogP contribution is 2.20. The fourth-order valence-corrected chi connectivity index (χ4v) is 2.98. The Hall–Kier alpha value is -0.820. The van der Waals surface area contributed by atoms with E-state index in [1.54, 1.807) is 20.8 Å². The first-order chi connectivity index (χ1) is 8.99.